The Morgan fingerprint density at radius 1 is 0.444 bits per heavy atom. The first-order valence-corrected chi connectivity index (χ1v) is 12.2. The van der Waals surface area contributed by atoms with Gasteiger partial charge in [-0.1, -0.05) is 97.1 Å². The Labute approximate surface area is 209 Å². The molecule has 0 bridgehead atoms. The minimum atomic E-state index is 0.871. The van der Waals surface area contributed by atoms with Crippen LogP contribution in [0.15, 0.2) is 138 Å². The summed E-state index contributed by atoms with van der Waals surface area (Å²) in [5.74, 6) is 0. The van der Waals surface area contributed by atoms with Crippen molar-refractivity contribution in [3.05, 3.63) is 133 Å². The van der Waals surface area contributed by atoms with Crippen molar-refractivity contribution in [2.45, 2.75) is 0 Å². The summed E-state index contributed by atoms with van der Waals surface area (Å²) in [4.78, 5) is 0. The maximum Gasteiger partial charge on any atom is 0.158 e. The molecule has 6 aromatic carbocycles. The molecule has 0 amide bonds. The lowest BCUT2D eigenvalue weighted by molar-refractivity contribution is 0.670. The molecular formula is C34H23NO. The number of para-hydroxylation sites is 2. The van der Waals surface area contributed by atoms with E-state index in [1.807, 2.05) is 12.1 Å². The Kier molecular flexibility index (Phi) is 4.82. The number of hydrogen-bond acceptors (Lipinski definition) is 2. The Balaban J connectivity index is 1.38. The van der Waals surface area contributed by atoms with Gasteiger partial charge < -0.3 is 9.73 Å². The standard InChI is InChI=1S/C34H23NO/c1-2-9-23(10-3-1)27-20-28(26-18-17-24-11-4-5-12-25(24)19-26)22-29(21-27)35-32-15-8-14-31-30-13-6-7-16-33(30)36-34(31)32/h1-22,35H. The van der Waals surface area contributed by atoms with E-state index in [1.54, 1.807) is 0 Å². The third-order valence-corrected chi connectivity index (χ3v) is 6.81. The maximum atomic E-state index is 6.27. The lowest BCUT2D eigenvalue weighted by Gasteiger charge is -2.13. The maximum absolute atomic E-state index is 6.27. The number of anilines is 2. The van der Waals surface area contributed by atoms with Crippen molar-refractivity contribution in [2.24, 2.45) is 0 Å². The molecule has 0 aliphatic rings. The van der Waals surface area contributed by atoms with Gasteiger partial charge >= 0.3 is 0 Å². The highest BCUT2D eigenvalue weighted by Crippen LogP contribution is 2.37. The van der Waals surface area contributed by atoms with E-state index < -0.39 is 0 Å². The molecule has 0 aliphatic carbocycles. The zero-order valence-electron chi connectivity index (χ0n) is 19.6. The van der Waals surface area contributed by atoms with E-state index in [0.717, 1.165) is 33.3 Å². The summed E-state index contributed by atoms with van der Waals surface area (Å²) >= 11 is 0. The number of nitrogens with one attached hydrogen (secondary N) is 1. The number of hydrogen-bond donors (Lipinski definition) is 1. The second-order valence-corrected chi connectivity index (χ2v) is 9.13. The minimum Gasteiger partial charge on any atom is -0.454 e. The van der Waals surface area contributed by atoms with E-state index in [0.29, 0.717) is 0 Å². The van der Waals surface area contributed by atoms with Crippen LogP contribution in [-0.2, 0) is 0 Å². The largest absolute Gasteiger partial charge is 0.454 e. The average Bonchev–Trinajstić information content (AvgIpc) is 3.33. The average molecular weight is 462 g/mol. The molecule has 0 radical (unpaired) electrons. The van der Waals surface area contributed by atoms with Gasteiger partial charge in [-0.3, -0.25) is 0 Å². The van der Waals surface area contributed by atoms with Gasteiger partial charge in [0.15, 0.2) is 5.58 Å². The van der Waals surface area contributed by atoms with Gasteiger partial charge in [0.2, 0.25) is 0 Å². The smallest absolute Gasteiger partial charge is 0.158 e. The molecule has 1 heterocycles. The van der Waals surface area contributed by atoms with Crippen molar-refractivity contribution < 1.29 is 4.42 Å². The summed E-state index contributed by atoms with van der Waals surface area (Å²) < 4.78 is 6.27. The van der Waals surface area contributed by atoms with Crippen LogP contribution in [0.2, 0.25) is 0 Å². The number of fused-ring (bicyclic) bond motifs is 4. The normalized spacial score (nSPS) is 11.3. The fraction of sp³-hybridized carbons (Fsp3) is 0. The first kappa shape index (κ1) is 20.5. The third kappa shape index (κ3) is 3.60. The molecule has 0 atom stereocenters. The predicted molar refractivity (Wildman–Crippen MR) is 152 cm³/mol. The molecule has 7 aromatic rings. The van der Waals surface area contributed by atoms with Crippen LogP contribution >= 0.6 is 0 Å². The summed E-state index contributed by atoms with van der Waals surface area (Å²) in [6.45, 7) is 0. The molecule has 0 spiro atoms. The van der Waals surface area contributed by atoms with Crippen molar-refractivity contribution >= 4 is 44.1 Å². The lowest BCUT2D eigenvalue weighted by Crippen LogP contribution is -1.93. The van der Waals surface area contributed by atoms with E-state index in [2.05, 4.69) is 127 Å². The van der Waals surface area contributed by atoms with Gasteiger partial charge in [0, 0.05) is 16.5 Å². The SMILES string of the molecule is c1ccc(-c2cc(Nc3cccc4c3oc3ccccc34)cc(-c3ccc4ccccc4c3)c2)cc1. The number of furan rings is 1. The highest BCUT2D eigenvalue weighted by atomic mass is 16.3. The van der Waals surface area contributed by atoms with Gasteiger partial charge in [-0.05, 0) is 69.4 Å². The highest BCUT2D eigenvalue weighted by Gasteiger charge is 2.12. The van der Waals surface area contributed by atoms with E-state index in [-0.39, 0.29) is 0 Å². The van der Waals surface area contributed by atoms with Crippen LogP contribution in [0, 0.1) is 0 Å². The zero-order chi connectivity index (χ0) is 23.9. The molecule has 0 aliphatic heterocycles. The topological polar surface area (TPSA) is 25.2 Å². The second kappa shape index (κ2) is 8.44. The van der Waals surface area contributed by atoms with E-state index in [4.69, 9.17) is 4.42 Å². The van der Waals surface area contributed by atoms with Crippen LogP contribution < -0.4 is 5.32 Å². The third-order valence-electron chi connectivity index (χ3n) is 6.81. The van der Waals surface area contributed by atoms with Crippen molar-refractivity contribution in [3.63, 3.8) is 0 Å². The molecule has 0 fully saturated rings. The summed E-state index contributed by atoms with van der Waals surface area (Å²) in [6.07, 6.45) is 0. The first-order chi connectivity index (χ1) is 17.8. The van der Waals surface area contributed by atoms with Gasteiger partial charge in [0.1, 0.15) is 5.58 Å². The highest BCUT2D eigenvalue weighted by molar-refractivity contribution is 6.09. The molecular weight excluding hydrogens is 438 g/mol. The Hall–Kier alpha value is -4.82. The van der Waals surface area contributed by atoms with Crippen molar-refractivity contribution in [3.8, 4) is 22.3 Å². The van der Waals surface area contributed by atoms with Crippen molar-refractivity contribution in [1.29, 1.82) is 0 Å². The summed E-state index contributed by atoms with van der Waals surface area (Å²) in [6, 6.07) is 46.9. The molecule has 1 aromatic heterocycles. The van der Waals surface area contributed by atoms with Crippen molar-refractivity contribution in [1.82, 2.24) is 0 Å². The first-order valence-electron chi connectivity index (χ1n) is 12.2. The van der Waals surface area contributed by atoms with Crippen LogP contribution in [0.3, 0.4) is 0 Å². The van der Waals surface area contributed by atoms with Crippen LogP contribution in [0.1, 0.15) is 0 Å². The van der Waals surface area contributed by atoms with Gasteiger partial charge in [-0.15, -0.1) is 0 Å². The molecule has 36 heavy (non-hydrogen) atoms. The Bertz CT molecular complexity index is 1860. The summed E-state index contributed by atoms with van der Waals surface area (Å²) in [5, 5.41) is 8.40. The van der Waals surface area contributed by atoms with E-state index in [9.17, 15) is 0 Å². The monoisotopic (exact) mass is 461 g/mol. The van der Waals surface area contributed by atoms with Crippen LogP contribution in [0.4, 0.5) is 11.4 Å². The fourth-order valence-corrected chi connectivity index (χ4v) is 5.03. The Morgan fingerprint density at radius 2 is 1.17 bits per heavy atom. The molecule has 2 nitrogen and oxygen atoms in total. The molecule has 0 saturated carbocycles. The van der Waals surface area contributed by atoms with Gasteiger partial charge in [0.25, 0.3) is 0 Å². The predicted octanol–water partition coefficient (Wildman–Crippen LogP) is 9.82. The number of benzene rings is 6. The van der Waals surface area contributed by atoms with Gasteiger partial charge in [0.05, 0.1) is 5.69 Å². The molecule has 2 heteroatoms. The van der Waals surface area contributed by atoms with Crippen molar-refractivity contribution in [2.75, 3.05) is 5.32 Å². The Morgan fingerprint density at radius 3 is 2.06 bits per heavy atom. The molecule has 170 valence electrons. The van der Waals surface area contributed by atoms with E-state index >= 15 is 0 Å². The fourth-order valence-electron chi connectivity index (χ4n) is 5.03. The second-order valence-electron chi connectivity index (χ2n) is 9.13. The summed E-state index contributed by atoms with van der Waals surface area (Å²) in [5.41, 5.74) is 8.46. The van der Waals surface area contributed by atoms with E-state index in [1.165, 1.54) is 33.0 Å². The minimum absolute atomic E-state index is 0.871. The van der Waals surface area contributed by atoms with Crippen LogP contribution in [-0.4, -0.2) is 0 Å². The zero-order valence-corrected chi connectivity index (χ0v) is 19.6. The molecule has 0 saturated heterocycles. The summed E-state index contributed by atoms with van der Waals surface area (Å²) in [7, 11) is 0. The molecule has 7 rings (SSSR count). The quantitative estimate of drug-likeness (QED) is 0.282. The van der Waals surface area contributed by atoms with Crippen LogP contribution in [0.25, 0.3) is 55.0 Å². The van der Waals surface area contributed by atoms with Gasteiger partial charge in [-0.2, -0.15) is 0 Å². The molecule has 0 unspecified atom stereocenters. The number of rotatable bonds is 4. The van der Waals surface area contributed by atoms with Gasteiger partial charge in [-0.25, -0.2) is 0 Å². The van der Waals surface area contributed by atoms with Crippen LogP contribution in [0.5, 0.6) is 0 Å². The lowest BCUT2D eigenvalue weighted by atomic mass is 9.96. The molecule has 1 N–H and O–H groups in total.